The lowest BCUT2D eigenvalue weighted by atomic mass is 9.94. The van der Waals surface area contributed by atoms with E-state index >= 15 is 0 Å². The normalized spacial score (nSPS) is 35.6. The number of nitrogens with one attached hydrogen (secondary N) is 1. The van der Waals surface area contributed by atoms with Gasteiger partial charge in [0.25, 0.3) is 0 Å². The average Bonchev–Trinajstić information content (AvgIpc) is 2.14. The molecular weight excluding hydrogens is 176 g/mol. The van der Waals surface area contributed by atoms with Gasteiger partial charge in [-0.2, -0.15) is 0 Å². The van der Waals surface area contributed by atoms with Gasteiger partial charge in [0.2, 0.25) is 0 Å². The smallest absolute Gasteiger partial charge is 0.0724 e. The van der Waals surface area contributed by atoms with Crippen molar-refractivity contribution in [2.75, 3.05) is 39.8 Å². The number of likely N-dealkylation sites (tertiary alicyclic amines) is 1. The van der Waals surface area contributed by atoms with E-state index in [1.165, 1.54) is 32.6 Å². The summed E-state index contributed by atoms with van der Waals surface area (Å²) in [6, 6.07) is 0. The molecule has 0 saturated carbocycles. The lowest BCUT2D eigenvalue weighted by Gasteiger charge is -2.39. The second-order valence-electron chi connectivity index (χ2n) is 4.82. The van der Waals surface area contributed by atoms with E-state index in [9.17, 15) is 0 Å². The van der Waals surface area contributed by atoms with Crippen molar-refractivity contribution in [1.82, 2.24) is 10.2 Å². The fourth-order valence-electron chi connectivity index (χ4n) is 2.41. The summed E-state index contributed by atoms with van der Waals surface area (Å²) in [6.07, 6.45) is 1.75. The molecule has 0 radical (unpaired) electrons. The largest absolute Gasteiger partial charge is 0.380 e. The molecule has 2 atom stereocenters. The van der Waals surface area contributed by atoms with Gasteiger partial charge in [-0.25, -0.2) is 0 Å². The first-order valence-corrected chi connectivity index (χ1v) is 5.75. The van der Waals surface area contributed by atoms with E-state index in [0.29, 0.717) is 6.10 Å². The van der Waals surface area contributed by atoms with Crippen molar-refractivity contribution in [3.05, 3.63) is 0 Å². The highest BCUT2D eigenvalue weighted by Gasteiger charge is 2.28. The molecule has 3 nitrogen and oxygen atoms in total. The van der Waals surface area contributed by atoms with Crippen LogP contribution in [-0.4, -0.2) is 50.8 Å². The maximum absolute atomic E-state index is 5.51. The number of rotatable bonds is 3. The molecule has 0 bridgehead atoms. The van der Waals surface area contributed by atoms with E-state index in [2.05, 4.69) is 17.1 Å². The molecule has 14 heavy (non-hydrogen) atoms. The monoisotopic (exact) mass is 198 g/mol. The number of piperidine rings is 1. The zero-order valence-electron chi connectivity index (χ0n) is 9.33. The quantitative estimate of drug-likeness (QED) is 0.717. The minimum atomic E-state index is 0.455. The minimum Gasteiger partial charge on any atom is -0.380 e. The molecule has 82 valence electrons. The molecule has 0 aromatic heterocycles. The second-order valence-corrected chi connectivity index (χ2v) is 4.82. The number of ether oxygens (including phenoxy) is 1. The molecule has 2 heterocycles. The number of methoxy groups -OCH3 is 1. The van der Waals surface area contributed by atoms with Crippen molar-refractivity contribution >= 4 is 0 Å². The van der Waals surface area contributed by atoms with Gasteiger partial charge in [-0.1, -0.05) is 6.92 Å². The van der Waals surface area contributed by atoms with Crippen LogP contribution < -0.4 is 5.32 Å². The molecule has 2 rings (SSSR count). The Kier molecular flexibility index (Phi) is 3.42. The number of nitrogens with zero attached hydrogens (tertiary/aromatic N) is 1. The molecular formula is C11H22N2O. The summed E-state index contributed by atoms with van der Waals surface area (Å²) in [7, 11) is 1.84. The molecule has 2 aliphatic heterocycles. The second kappa shape index (κ2) is 4.60. The molecule has 3 heteroatoms. The highest BCUT2D eigenvalue weighted by Crippen LogP contribution is 2.20. The molecule has 2 saturated heterocycles. The van der Waals surface area contributed by atoms with Crippen LogP contribution in [0, 0.1) is 11.8 Å². The molecule has 0 aromatic rings. The summed E-state index contributed by atoms with van der Waals surface area (Å²) in [4.78, 5) is 2.57. The highest BCUT2D eigenvalue weighted by molar-refractivity contribution is 4.83. The summed E-state index contributed by atoms with van der Waals surface area (Å²) in [5, 5.41) is 3.33. The van der Waals surface area contributed by atoms with Gasteiger partial charge in [0, 0.05) is 33.3 Å². The fourth-order valence-corrected chi connectivity index (χ4v) is 2.41. The first-order chi connectivity index (χ1) is 6.79. The molecule has 2 unspecified atom stereocenters. The van der Waals surface area contributed by atoms with Crippen molar-refractivity contribution in [3.8, 4) is 0 Å². The van der Waals surface area contributed by atoms with E-state index in [1.807, 2.05) is 7.11 Å². The van der Waals surface area contributed by atoms with E-state index in [4.69, 9.17) is 4.74 Å². The first-order valence-electron chi connectivity index (χ1n) is 5.75. The van der Waals surface area contributed by atoms with Crippen molar-refractivity contribution in [2.45, 2.75) is 19.4 Å². The summed E-state index contributed by atoms with van der Waals surface area (Å²) in [6.45, 7) is 8.38. The third-order valence-corrected chi connectivity index (χ3v) is 3.66. The summed E-state index contributed by atoms with van der Waals surface area (Å²) in [5.41, 5.74) is 0. The van der Waals surface area contributed by atoms with Crippen molar-refractivity contribution in [2.24, 2.45) is 11.8 Å². The van der Waals surface area contributed by atoms with E-state index in [1.54, 1.807) is 0 Å². The van der Waals surface area contributed by atoms with Crippen LogP contribution >= 0.6 is 0 Å². The standard InChI is InChI=1S/C11H22N2O/c1-9-3-4-13(8-11(9)14-2)7-10-5-12-6-10/h9-12H,3-8H2,1-2H3. The predicted molar refractivity (Wildman–Crippen MR) is 57.4 cm³/mol. The van der Waals surface area contributed by atoms with Crippen LogP contribution in [0.2, 0.25) is 0 Å². The summed E-state index contributed by atoms with van der Waals surface area (Å²) in [5.74, 6) is 1.62. The van der Waals surface area contributed by atoms with Crippen LogP contribution in [0.3, 0.4) is 0 Å². The van der Waals surface area contributed by atoms with Crippen LogP contribution in [0.25, 0.3) is 0 Å². The Morgan fingerprint density at radius 3 is 2.79 bits per heavy atom. The third kappa shape index (κ3) is 2.27. The van der Waals surface area contributed by atoms with E-state index in [0.717, 1.165) is 18.4 Å². The molecule has 2 fully saturated rings. The van der Waals surface area contributed by atoms with E-state index < -0.39 is 0 Å². The molecule has 1 N–H and O–H groups in total. The van der Waals surface area contributed by atoms with Crippen LogP contribution in [0.5, 0.6) is 0 Å². The fraction of sp³-hybridized carbons (Fsp3) is 1.00. The predicted octanol–water partition coefficient (Wildman–Crippen LogP) is 0.563. The SMILES string of the molecule is COC1CN(CC2CNC2)CCC1C. The Morgan fingerprint density at radius 2 is 2.21 bits per heavy atom. The van der Waals surface area contributed by atoms with Crippen molar-refractivity contribution in [3.63, 3.8) is 0 Å². The van der Waals surface area contributed by atoms with Gasteiger partial charge < -0.3 is 15.0 Å². The summed E-state index contributed by atoms with van der Waals surface area (Å²) >= 11 is 0. The molecule has 0 spiro atoms. The maximum atomic E-state index is 5.51. The Morgan fingerprint density at radius 1 is 1.43 bits per heavy atom. The number of hydrogen-bond acceptors (Lipinski definition) is 3. The van der Waals surface area contributed by atoms with Crippen LogP contribution in [0.4, 0.5) is 0 Å². The van der Waals surface area contributed by atoms with Gasteiger partial charge >= 0.3 is 0 Å². The van der Waals surface area contributed by atoms with Gasteiger partial charge in [-0.3, -0.25) is 0 Å². The van der Waals surface area contributed by atoms with Gasteiger partial charge in [0.05, 0.1) is 6.10 Å². The molecule has 0 aromatic carbocycles. The van der Waals surface area contributed by atoms with Gasteiger partial charge in [-0.15, -0.1) is 0 Å². The Labute approximate surface area is 86.8 Å². The van der Waals surface area contributed by atoms with Gasteiger partial charge in [0.1, 0.15) is 0 Å². The van der Waals surface area contributed by atoms with E-state index in [-0.39, 0.29) is 0 Å². The Bertz CT molecular complexity index is 182. The lowest BCUT2D eigenvalue weighted by molar-refractivity contribution is -0.0115. The highest BCUT2D eigenvalue weighted by atomic mass is 16.5. The van der Waals surface area contributed by atoms with Gasteiger partial charge in [-0.05, 0) is 24.8 Å². The van der Waals surface area contributed by atoms with Crippen LogP contribution in [0.1, 0.15) is 13.3 Å². The maximum Gasteiger partial charge on any atom is 0.0724 e. The molecule has 0 amide bonds. The zero-order chi connectivity index (χ0) is 9.97. The molecule has 0 aliphatic carbocycles. The van der Waals surface area contributed by atoms with Crippen molar-refractivity contribution in [1.29, 1.82) is 0 Å². The average molecular weight is 198 g/mol. The topological polar surface area (TPSA) is 24.5 Å². The van der Waals surface area contributed by atoms with Gasteiger partial charge in [0.15, 0.2) is 0 Å². The summed E-state index contributed by atoms with van der Waals surface area (Å²) < 4.78 is 5.51. The Balaban J connectivity index is 1.76. The lowest BCUT2D eigenvalue weighted by Crippen LogP contribution is -2.52. The zero-order valence-corrected chi connectivity index (χ0v) is 9.33. The molecule has 2 aliphatic rings. The Hall–Kier alpha value is -0.120. The van der Waals surface area contributed by atoms with Crippen LogP contribution in [0.15, 0.2) is 0 Å². The number of hydrogen-bond donors (Lipinski definition) is 1. The first kappa shape index (κ1) is 10.4. The van der Waals surface area contributed by atoms with Crippen LogP contribution in [-0.2, 0) is 4.74 Å². The minimum absolute atomic E-state index is 0.455. The third-order valence-electron chi connectivity index (χ3n) is 3.66. The van der Waals surface area contributed by atoms with Crippen molar-refractivity contribution < 1.29 is 4.74 Å².